The second kappa shape index (κ2) is 9.98. The van der Waals surface area contributed by atoms with Gasteiger partial charge in [-0.25, -0.2) is 4.79 Å². The third kappa shape index (κ3) is 4.86. The van der Waals surface area contributed by atoms with Crippen molar-refractivity contribution in [3.05, 3.63) is 52.8 Å². The molecule has 0 radical (unpaired) electrons. The molecule has 168 valence electrons. The number of pyridine rings is 1. The van der Waals surface area contributed by atoms with Crippen LogP contribution in [-0.4, -0.2) is 45.3 Å². The molecular formula is C24H32ClN3O3. The van der Waals surface area contributed by atoms with E-state index in [-0.39, 0.29) is 0 Å². The van der Waals surface area contributed by atoms with Gasteiger partial charge in [0, 0.05) is 30.1 Å². The zero-order valence-corrected chi connectivity index (χ0v) is 19.0. The molecule has 2 unspecified atom stereocenters. The quantitative estimate of drug-likeness (QED) is 0.557. The Labute approximate surface area is 189 Å². The van der Waals surface area contributed by atoms with Gasteiger partial charge in [-0.1, -0.05) is 49.7 Å². The molecule has 0 bridgehead atoms. The third-order valence-electron chi connectivity index (χ3n) is 6.27. The highest BCUT2D eigenvalue weighted by atomic mass is 35.5. The fraction of sp³-hybridized carbons (Fsp3) is 0.500. The number of benzene rings is 1. The largest absolute Gasteiger partial charge is 0.465 e. The summed E-state index contributed by atoms with van der Waals surface area (Å²) in [4.78, 5) is 17.7. The van der Waals surface area contributed by atoms with Crippen molar-refractivity contribution in [3.8, 4) is 11.1 Å². The summed E-state index contributed by atoms with van der Waals surface area (Å²) in [5.74, 6) is 0.334. The summed E-state index contributed by atoms with van der Waals surface area (Å²) in [6, 6.07) is 7.51. The van der Waals surface area contributed by atoms with Crippen molar-refractivity contribution in [1.82, 2.24) is 9.88 Å². The molecule has 1 aromatic heterocycles. The van der Waals surface area contributed by atoms with Gasteiger partial charge >= 0.3 is 6.09 Å². The molecule has 0 aliphatic carbocycles. The van der Waals surface area contributed by atoms with Crippen molar-refractivity contribution >= 4 is 17.7 Å². The topological polar surface area (TPSA) is 99.7 Å². The summed E-state index contributed by atoms with van der Waals surface area (Å²) in [6.07, 6.45) is 5.28. The van der Waals surface area contributed by atoms with Crippen LogP contribution in [0, 0.1) is 0 Å². The number of carbonyl (C=O) groups is 1. The molecule has 1 aromatic carbocycles. The van der Waals surface area contributed by atoms with E-state index >= 15 is 0 Å². The molecule has 2 heterocycles. The highest BCUT2D eigenvalue weighted by molar-refractivity contribution is 6.33. The number of halogens is 1. The SMILES string of the molecule is CC(C)c1cccc(-c2c(Cl)cncc2C(O)(CCCN)C2CCCCN2C(=O)O)c1. The molecule has 1 aliphatic rings. The van der Waals surface area contributed by atoms with Gasteiger partial charge < -0.3 is 20.8 Å². The van der Waals surface area contributed by atoms with Gasteiger partial charge in [-0.2, -0.15) is 0 Å². The highest BCUT2D eigenvalue weighted by Gasteiger charge is 2.46. The molecule has 0 saturated carbocycles. The van der Waals surface area contributed by atoms with Gasteiger partial charge in [0.2, 0.25) is 0 Å². The van der Waals surface area contributed by atoms with Crippen LogP contribution in [0.25, 0.3) is 11.1 Å². The molecule has 2 atom stereocenters. The number of aromatic nitrogens is 1. The average molecular weight is 446 g/mol. The van der Waals surface area contributed by atoms with Crippen molar-refractivity contribution < 1.29 is 15.0 Å². The number of amides is 1. The first kappa shape index (κ1) is 23.5. The van der Waals surface area contributed by atoms with Crippen molar-refractivity contribution in [2.24, 2.45) is 5.73 Å². The lowest BCUT2D eigenvalue weighted by Gasteiger charge is -2.45. The number of carboxylic acid groups (broad SMARTS) is 1. The Morgan fingerprint density at radius 1 is 1.35 bits per heavy atom. The predicted molar refractivity (Wildman–Crippen MR) is 123 cm³/mol. The van der Waals surface area contributed by atoms with E-state index in [1.807, 2.05) is 12.1 Å². The Bertz CT molecular complexity index is 921. The van der Waals surface area contributed by atoms with Crippen molar-refractivity contribution in [1.29, 1.82) is 0 Å². The lowest BCUT2D eigenvalue weighted by Crippen LogP contribution is -2.55. The lowest BCUT2D eigenvalue weighted by atomic mass is 9.76. The van der Waals surface area contributed by atoms with Crippen LogP contribution in [0.15, 0.2) is 36.7 Å². The summed E-state index contributed by atoms with van der Waals surface area (Å²) in [5.41, 5.74) is 7.65. The van der Waals surface area contributed by atoms with Crippen LogP contribution in [-0.2, 0) is 5.60 Å². The highest BCUT2D eigenvalue weighted by Crippen LogP contribution is 2.44. The number of rotatable bonds is 7. The number of likely N-dealkylation sites (tertiary alicyclic amines) is 1. The number of aliphatic hydroxyl groups is 1. The van der Waals surface area contributed by atoms with Gasteiger partial charge in [0.05, 0.1) is 11.1 Å². The molecule has 31 heavy (non-hydrogen) atoms. The van der Waals surface area contributed by atoms with Crippen molar-refractivity contribution in [3.63, 3.8) is 0 Å². The standard InChI is InChI=1S/C24H32ClN3O3/c1-16(2)17-7-5-8-18(13-17)22-19(14-27-15-20(22)25)24(31,10-6-11-26)21-9-3-4-12-28(21)23(29)30/h5,7-8,13-16,21,31H,3-4,6,9-12,26H2,1-2H3,(H,29,30). The summed E-state index contributed by atoms with van der Waals surface area (Å²) < 4.78 is 0. The summed E-state index contributed by atoms with van der Waals surface area (Å²) in [5, 5.41) is 22.4. The molecule has 3 rings (SSSR count). The van der Waals surface area contributed by atoms with Crippen LogP contribution in [0.5, 0.6) is 0 Å². The van der Waals surface area contributed by atoms with Gasteiger partial charge in [-0.05, 0) is 55.7 Å². The van der Waals surface area contributed by atoms with Gasteiger partial charge in [0.15, 0.2) is 0 Å². The Hall–Kier alpha value is -2.15. The van der Waals surface area contributed by atoms with Crippen LogP contribution < -0.4 is 5.73 Å². The molecule has 1 fully saturated rings. The van der Waals surface area contributed by atoms with E-state index in [2.05, 4.69) is 31.0 Å². The Balaban J connectivity index is 2.20. The van der Waals surface area contributed by atoms with Gasteiger partial charge in [-0.3, -0.25) is 4.98 Å². The monoisotopic (exact) mass is 445 g/mol. The molecule has 6 nitrogen and oxygen atoms in total. The van der Waals surface area contributed by atoms with E-state index < -0.39 is 17.7 Å². The number of nitrogens with two attached hydrogens (primary N) is 1. The smallest absolute Gasteiger partial charge is 0.407 e. The van der Waals surface area contributed by atoms with E-state index in [1.165, 1.54) is 4.90 Å². The second-order valence-corrected chi connectivity index (χ2v) is 9.04. The minimum Gasteiger partial charge on any atom is -0.465 e. The lowest BCUT2D eigenvalue weighted by molar-refractivity contribution is -0.0659. The fourth-order valence-electron chi connectivity index (χ4n) is 4.62. The maximum atomic E-state index is 12.1. The second-order valence-electron chi connectivity index (χ2n) is 8.63. The summed E-state index contributed by atoms with van der Waals surface area (Å²) in [7, 11) is 0. The minimum absolute atomic E-state index is 0.330. The normalized spacial score (nSPS) is 18.8. The summed E-state index contributed by atoms with van der Waals surface area (Å²) >= 11 is 6.65. The first-order valence-corrected chi connectivity index (χ1v) is 11.3. The first-order chi connectivity index (χ1) is 14.8. The molecule has 2 aromatic rings. The van der Waals surface area contributed by atoms with Crippen LogP contribution in [0.2, 0.25) is 5.02 Å². The van der Waals surface area contributed by atoms with Gasteiger partial charge in [0.1, 0.15) is 5.60 Å². The molecule has 1 amide bonds. The number of nitrogens with zero attached hydrogens (tertiary/aromatic N) is 2. The van der Waals surface area contributed by atoms with Gasteiger partial charge in [0.25, 0.3) is 0 Å². The number of hydrogen-bond acceptors (Lipinski definition) is 4. The molecular weight excluding hydrogens is 414 g/mol. The number of hydrogen-bond donors (Lipinski definition) is 3. The van der Waals surface area contributed by atoms with Crippen LogP contribution in [0.3, 0.4) is 0 Å². The van der Waals surface area contributed by atoms with Crippen molar-refractivity contribution in [2.45, 2.75) is 63.5 Å². The maximum absolute atomic E-state index is 12.1. The van der Waals surface area contributed by atoms with Crippen molar-refractivity contribution in [2.75, 3.05) is 13.1 Å². The Morgan fingerprint density at radius 2 is 2.13 bits per heavy atom. The van der Waals surface area contributed by atoms with E-state index in [0.29, 0.717) is 54.4 Å². The Morgan fingerprint density at radius 3 is 2.81 bits per heavy atom. The molecule has 7 heteroatoms. The van der Waals surface area contributed by atoms with Crippen LogP contribution in [0.1, 0.15) is 63.0 Å². The van der Waals surface area contributed by atoms with E-state index in [0.717, 1.165) is 24.0 Å². The predicted octanol–water partition coefficient (Wildman–Crippen LogP) is 4.98. The minimum atomic E-state index is -1.45. The van der Waals surface area contributed by atoms with E-state index in [1.54, 1.807) is 12.4 Å². The molecule has 1 saturated heterocycles. The summed E-state index contributed by atoms with van der Waals surface area (Å²) in [6.45, 7) is 5.04. The fourth-order valence-corrected chi connectivity index (χ4v) is 4.89. The molecule has 4 N–H and O–H groups in total. The van der Waals surface area contributed by atoms with E-state index in [9.17, 15) is 15.0 Å². The van der Waals surface area contributed by atoms with Crippen LogP contribution >= 0.6 is 11.6 Å². The molecule has 0 spiro atoms. The van der Waals surface area contributed by atoms with Gasteiger partial charge in [-0.15, -0.1) is 0 Å². The first-order valence-electron chi connectivity index (χ1n) is 11.0. The Kier molecular flexibility index (Phi) is 7.57. The van der Waals surface area contributed by atoms with Crippen LogP contribution in [0.4, 0.5) is 4.79 Å². The molecule has 1 aliphatic heterocycles. The maximum Gasteiger partial charge on any atom is 0.407 e. The average Bonchev–Trinajstić information content (AvgIpc) is 2.77. The zero-order chi connectivity index (χ0) is 22.6. The number of piperidine rings is 1. The van der Waals surface area contributed by atoms with E-state index in [4.69, 9.17) is 17.3 Å². The zero-order valence-electron chi connectivity index (χ0n) is 18.2. The third-order valence-corrected chi connectivity index (χ3v) is 6.56.